The summed E-state index contributed by atoms with van der Waals surface area (Å²) in [7, 11) is 0. The lowest BCUT2D eigenvalue weighted by atomic mass is 10.0. The van der Waals surface area contributed by atoms with Gasteiger partial charge in [-0.3, -0.25) is 9.47 Å². The van der Waals surface area contributed by atoms with Crippen LogP contribution in [-0.2, 0) is 13.0 Å². The zero-order chi connectivity index (χ0) is 27.6. The number of thiophene rings is 1. The van der Waals surface area contributed by atoms with E-state index >= 15 is 0 Å². The van der Waals surface area contributed by atoms with Crippen LogP contribution in [0.15, 0.2) is 95.1 Å². The van der Waals surface area contributed by atoms with E-state index in [1.54, 1.807) is 11.3 Å². The molecule has 2 aromatic carbocycles. The lowest BCUT2D eigenvalue weighted by molar-refractivity contribution is 0.177. The minimum Gasteiger partial charge on any atom is -0.306 e. The molecule has 0 amide bonds. The first-order chi connectivity index (χ1) is 20.2. The highest BCUT2D eigenvalue weighted by molar-refractivity contribution is 7.13. The van der Waals surface area contributed by atoms with Crippen LogP contribution in [0.3, 0.4) is 0 Å². The van der Waals surface area contributed by atoms with Crippen LogP contribution in [0.4, 0.5) is 0 Å². The first kappa shape index (κ1) is 25.6. The minimum atomic E-state index is 0.0142. The number of likely N-dealkylation sites (tertiary alicyclic amines) is 1. The molecule has 3 aromatic heterocycles. The van der Waals surface area contributed by atoms with Gasteiger partial charge >= 0.3 is 5.69 Å². The third kappa shape index (κ3) is 5.24. The van der Waals surface area contributed by atoms with E-state index in [9.17, 15) is 4.79 Å². The molecule has 0 atom stereocenters. The number of piperidine rings is 1. The summed E-state index contributed by atoms with van der Waals surface area (Å²) >= 11 is 1.61. The first-order valence-electron chi connectivity index (χ1n) is 14.1. The van der Waals surface area contributed by atoms with E-state index in [0.717, 1.165) is 77.7 Å². The van der Waals surface area contributed by atoms with E-state index in [-0.39, 0.29) is 11.7 Å². The molecule has 0 radical (unpaired) electrons. The summed E-state index contributed by atoms with van der Waals surface area (Å²) < 4.78 is 2.01. The lowest BCUT2D eigenvalue weighted by Gasteiger charge is -2.33. The summed E-state index contributed by atoms with van der Waals surface area (Å²) in [5.41, 5.74) is 6.96. The standard InChI is InChI=1S/C33H30N6OS/c40-33-34-27-10-5-2-6-11-28(27)39(33)26-17-19-38(20-18-26)22-23-13-15-25(16-14-23)30-31(24-8-3-1-4-9-24)36-37-32(35-30)29-12-7-21-41-29/h1-10,12-16,21,26H,11,17-20,22H2,(H,34,40). The van der Waals surface area contributed by atoms with Crippen LogP contribution in [0, 0.1) is 0 Å². The summed E-state index contributed by atoms with van der Waals surface area (Å²) in [5, 5.41) is 11.1. The Kier molecular flexibility index (Phi) is 7.00. The summed E-state index contributed by atoms with van der Waals surface area (Å²) in [5.74, 6) is 0.645. The molecule has 0 spiro atoms. The quantitative estimate of drug-likeness (QED) is 0.261. The monoisotopic (exact) mass is 558 g/mol. The van der Waals surface area contributed by atoms with E-state index in [2.05, 4.69) is 50.4 Å². The number of nitrogens with zero attached hydrogens (tertiary/aromatic N) is 5. The Morgan fingerprint density at radius 3 is 2.46 bits per heavy atom. The Bertz CT molecular complexity index is 1760. The number of fused-ring (bicyclic) bond motifs is 1. The number of imidazole rings is 1. The number of hydrogen-bond acceptors (Lipinski definition) is 6. The van der Waals surface area contributed by atoms with Gasteiger partial charge in [0, 0.05) is 43.2 Å². The van der Waals surface area contributed by atoms with Gasteiger partial charge in [-0.2, -0.15) is 0 Å². The van der Waals surface area contributed by atoms with Crippen molar-refractivity contribution in [1.82, 2.24) is 29.6 Å². The number of allylic oxidation sites excluding steroid dienone is 3. The molecule has 4 heterocycles. The van der Waals surface area contributed by atoms with Crippen molar-refractivity contribution < 1.29 is 0 Å². The van der Waals surface area contributed by atoms with Crippen molar-refractivity contribution in [2.45, 2.75) is 31.8 Å². The summed E-state index contributed by atoms with van der Waals surface area (Å²) in [6.45, 7) is 2.80. The van der Waals surface area contributed by atoms with Gasteiger partial charge in [-0.25, -0.2) is 9.78 Å². The van der Waals surface area contributed by atoms with E-state index in [1.165, 1.54) is 5.56 Å². The zero-order valence-electron chi connectivity index (χ0n) is 22.6. The molecule has 7 rings (SSSR count). The van der Waals surface area contributed by atoms with Crippen LogP contribution in [0.1, 0.15) is 35.8 Å². The molecule has 41 heavy (non-hydrogen) atoms. The fourth-order valence-electron chi connectivity index (χ4n) is 5.83. The molecule has 204 valence electrons. The second-order valence-electron chi connectivity index (χ2n) is 10.5. The number of aromatic nitrogens is 5. The van der Waals surface area contributed by atoms with Gasteiger partial charge in [-0.05, 0) is 35.9 Å². The van der Waals surface area contributed by atoms with Gasteiger partial charge in [0.05, 0.1) is 16.3 Å². The van der Waals surface area contributed by atoms with Gasteiger partial charge < -0.3 is 4.98 Å². The molecule has 8 heteroatoms. The Balaban J connectivity index is 1.08. The van der Waals surface area contributed by atoms with Crippen LogP contribution in [0.25, 0.3) is 39.3 Å². The fraction of sp³-hybridized carbons (Fsp3) is 0.212. The molecule has 1 aliphatic carbocycles. The molecule has 0 unspecified atom stereocenters. The summed E-state index contributed by atoms with van der Waals surface area (Å²) in [4.78, 5) is 24.3. The van der Waals surface area contributed by atoms with Crippen LogP contribution in [0.5, 0.6) is 0 Å². The molecule has 0 saturated carbocycles. The van der Waals surface area contributed by atoms with Crippen LogP contribution >= 0.6 is 11.3 Å². The SMILES string of the molecule is O=c1[nH]c2c(n1C1CCN(Cc3ccc(-c4nc(-c5cccs5)nnc4-c4ccccc4)cc3)CC1)CC=CC=C2. The maximum absolute atomic E-state index is 12.8. The topological polar surface area (TPSA) is 79.7 Å². The Morgan fingerprint density at radius 1 is 0.878 bits per heavy atom. The molecule has 2 aliphatic rings. The first-order valence-corrected chi connectivity index (χ1v) is 14.9. The molecule has 1 fully saturated rings. The van der Waals surface area contributed by atoms with E-state index in [1.807, 2.05) is 70.6 Å². The summed E-state index contributed by atoms with van der Waals surface area (Å²) in [6.07, 6.45) is 10.9. The lowest BCUT2D eigenvalue weighted by Crippen LogP contribution is -2.37. The Labute approximate surface area is 242 Å². The molecule has 1 aliphatic heterocycles. The van der Waals surface area contributed by atoms with Gasteiger partial charge in [0.15, 0.2) is 5.82 Å². The number of hydrogen-bond donors (Lipinski definition) is 1. The van der Waals surface area contributed by atoms with Gasteiger partial charge in [-0.15, -0.1) is 21.5 Å². The predicted molar refractivity (Wildman–Crippen MR) is 164 cm³/mol. The van der Waals surface area contributed by atoms with Crippen LogP contribution < -0.4 is 5.69 Å². The predicted octanol–water partition coefficient (Wildman–Crippen LogP) is 6.39. The van der Waals surface area contributed by atoms with Crippen LogP contribution in [-0.4, -0.2) is 42.7 Å². The van der Waals surface area contributed by atoms with Gasteiger partial charge in [-0.1, -0.05) is 78.9 Å². The van der Waals surface area contributed by atoms with Crippen molar-refractivity contribution in [3.05, 3.63) is 118 Å². The van der Waals surface area contributed by atoms with Crippen LogP contribution in [0.2, 0.25) is 0 Å². The van der Waals surface area contributed by atoms with Crippen molar-refractivity contribution in [2.24, 2.45) is 0 Å². The highest BCUT2D eigenvalue weighted by Crippen LogP contribution is 2.32. The largest absolute Gasteiger partial charge is 0.326 e. The molecule has 5 aromatic rings. The number of rotatable bonds is 6. The maximum Gasteiger partial charge on any atom is 0.326 e. The number of H-pyrrole nitrogens is 1. The highest BCUT2D eigenvalue weighted by atomic mass is 32.1. The van der Waals surface area contributed by atoms with E-state index in [0.29, 0.717) is 5.82 Å². The molecular weight excluding hydrogens is 528 g/mol. The van der Waals surface area contributed by atoms with Gasteiger partial charge in [0.2, 0.25) is 0 Å². The van der Waals surface area contributed by atoms with Crippen molar-refractivity contribution in [1.29, 1.82) is 0 Å². The Morgan fingerprint density at radius 2 is 1.68 bits per heavy atom. The molecule has 1 N–H and O–H groups in total. The van der Waals surface area contributed by atoms with Gasteiger partial charge in [0.25, 0.3) is 0 Å². The minimum absolute atomic E-state index is 0.0142. The number of benzene rings is 2. The third-order valence-electron chi connectivity index (χ3n) is 7.91. The second-order valence-corrected chi connectivity index (χ2v) is 11.5. The highest BCUT2D eigenvalue weighted by Gasteiger charge is 2.25. The average molecular weight is 559 g/mol. The molecule has 7 nitrogen and oxygen atoms in total. The second kappa shape index (κ2) is 11.2. The number of nitrogens with one attached hydrogen (secondary N) is 1. The zero-order valence-corrected chi connectivity index (χ0v) is 23.4. The number of aromatic amines is 1. The van der Waals surface area contributed by atoms with Crippen molar-refractivity contribution >= 4 is 17.4 Å². The van der Waals surface area contributed by atoms with Gasteiger partial charge in [0.1, 0.15) is 11.4 Å². The van der Waals surface area contributed by atoms with E-state index < -0.39 is 0 Å². The summed E-state index contributed by atoms with van der Waals surface area (Å²) in [6, 6.07) is 23.1. The fourth-order valence-corrected chi connectivity index (χ4v) is 6.48. The third-order valence-corrected chi connectivity index (χ3v) is 8.78. The maximum atomic E-state index is 12.8. The smallest absolute Gasteiger partial charge is 0.306 e. The molecule has 1 saturated heterocycles. The Hall–Kier alpha value is -4.40. The van der Waals surface area contributed by atoms with Crippen molar-refractivity contribution in [3.8, 4) is 33.2 Å². The van der Waals surface area contributed by atoms with Crippen molar-refractivity contribution in [3.63, 3.8) is 0 Å². The molecule has 0 bridgehead atoms. The van der Waals surface area contributed by atoms with Crippen molar-refractivity contribution in [2.75, 3.05) is 13.1 Å². The van der Waals surface area contributed by atoms with E-state index in [4.69, 9.17) is 4.98 Å². The average Bonchev–Trinajstić information content (AvgIpc) is 3.60. The normalized spacial score (nSPS) is 15.6. The molecular formula is C33H30N6OS.